The minimum absolute atomic E-state index is 0.544. The molecule has 0 radical (unpaired) electrons. The van der Waals surface area contributed by atoms with Gasteiger partial charge in [0.25, 0.3) is 0 Å². The van der Waals surface area contributed by atoms with Crippen LogP contribution in [0.4, 0.5) is 0 Å². The van der Waals surface area contributed by atoms with E-state index in [0.29, 0.717) is 5.56 Å². The van der Waals surface area contributed by atoms with Crippen LogP contribution < -0.4 is 0 Å². The summed E-state index contributed by atoms with van der Waals surface area (Å²) < 4.78 is 4.87. The van der Waals surface area contributed by atoms with E-state index in [4.69, 9.17) is 0 Å². The molecule has 9 aromatic rings. The molecule has 0 aliphatic carbocycles. The molecular weight excluding hydrogens is 603 g/mol. The highest BCUT2D eigenvalue weighted by Gasteiger charge is 2.49. The van der Waals surface area contributed by atoms with E-state index in [1.54, 1.807) is 0 Å². The van der Waals surface area contributed by atoms with Crippen LogP contribution in [-0.4, -0.2) is 9.13 Å². The molecule has 1 spiro atoms. The molecule has 1 atom stereocenters. The third-order valence-corrected chi connectivity index (χ3v) is 11.7. The van der Waals surface area contributed by atoms with E-state index in [-0.39, 0.29) is 0 Å². The minimum Gasteiger partial charge on any atom is -0.309 e. The Labute approximate surface area is 280 Å². The van der Waals surface area contributed by atoms with Crippen molar-refractivity contribution in [1.82, 2.24) is 9.13 Å². The number of para-hydroxylation sites is 4. The van der Waals surface area contributed by atoms with Crippen molar-refractivity contribution in [1.29, 1.82) is 5.26 Å². The van der Waals surface area contributed by atoms with Crippen LogP contribution in [0.2, 0.25) is 0 Å². The molecule has 2 aromatic heterocycles. The van der Waals surface area contributed by atoms with E-state index in [2.05, 4.69) is 155 Å². The molecular formula is C44H25N3S. The van der Waals surface area contributed by atoms with Crippen molar-refractivity contribution in [3.05, 3.63) is 179 Å². The van der Waals surface area contributed by atoms with Gasteiger partial charge in [0.15, 0.2) is 0 Å². The first-order valence-electron chi connectivity index (χ1n) is 16.3. The van der Waals surface area contributed by atoms with Gasteiger partial charge in [0.2, 0.25) is 0 Å². The van der Waals surface area contributed by atoms with Gasteiger partial charge in [-0.25, -0.2) is 0 Å². The van der Waals surface area contributed by atoms with Gasteiger partial charge in [0.1, 0.15) is 0 Å². The fraction of sp³-hybridized carbons (Fsp3) is 0.0227. The number of hydrogen-bond acceptors (Lipinski definition) is 2. The Morgan fingerprint density at radius 1 is 0.479 bits per heavy atom. The summed E-state index contributed by atoms with van der Waals surface area (Å²) in [5.41, 5.74) is 12.4. The number of benzene rings is 7. The Kier molecular flexibility index (Phi) is 5.05. The average molecular weight is 628 g/mol. The van der Waals surface area contributed by atoms with Gasteiger partial charge < -0.3 is 9.13 Å². The second kappa shape index (κ2) is 9.29. The first kappa shape index (κ1) is 26.1. The first-order chi connectivity index (χ1) is 23.8. The molecule has 0 saturated carbocycles. The van der Waals surface area contributed by atoms with Crippen LogP contribution in [0.1, 0.15) is 27.8 Å². The molecule has 4 heterocycles. The smallest absolute Gasteiger partial charge is 0.0991 e. The number of aromatic nitrogens is 2. The summed E-state index contributed by atoms with van der Waals surface area (Å²) in [5, 5.41) is 14.6. The molecule has 0 N–H and O–H groups in total. The van der Waals surface area contributed by atoms with Crippen LogP contribution in [0.15, 0.2) is 161 Å². The maximum Gasteiger partial charge on any atom is 0.0991 e. The largest absolute Gasteiger partial charge is 0.309 e. The van der Waals surface area contributed by atoms with Gasteiger partial charge in [-0.3, -0.25) is 0 Å². The third kappa shape index (κ3) is 3.10. The maximum absolute atomic E-state index is 9.55. The molecule has 1 unspecified atom stereocenters. The second-order valence-electron chi connectivity index (χ2n) is 12.8. The van der Waals surface area contributed by atoms with E-state index in [1.165, 1.54) is 70.3 Å². The van der Waals surface area contributed by atoms with Crippen molar-refractivity contribution in [3.63, 3.8) is 0 Å². The van der Waals surface area contributed by atoms with E-state index in [0.717, 1.165) is 16.7 Å². The van der Waals surface area contributed by atoms with Gasteiger partial charge in [-0.2, -0.15) is 5.26 Å². The lowest BCUT2D eigenvalue weighted by atomic mass is 9.62. The molecule has 222 valence electrons. The highest BCUT2D eigenvalue weighted by atomic mass is 32.2. The number of nitrogens with zero attached hydrogens (tertiary/aromatic N) is 3. The predicted octanol–water partition coefficient (Wildman–Crippen LogP) is 10.9. The lowest BCUT2D eigenvalue weighted by Gasteiger charge is -2.45. The van der Waals surface area contributed by atoms with E-state index >= 15 is 0 Å². The SMILES string of the molecule is N#Cc1ccc(-n2c3ccccc3c3cc4c(cc32)C2(c3ccccc3S4)c3ccccc3-n3c4ccccc4c4cccc2c43)cc1. The highest BCUT2D eigenvalue weighted by molar-refractivity contribution is 7.99. The van der Waals surface area contributed by atoms with Gasteiger partial charge in [0, 0.05) is 37.0 Å². The van der Waals surface area contributed by atoms with Crippen LogP contribution in [0.5, 0.6) is 0 Å². The summed E-state index contributed by atoms with van der Waals surface area (Å²) >= 11 is 1.88. The topological polar surface area (TPSA) is 33.6 Å². The van der Waals surface area contributed by atoms with E-state index < -0.39 is 5.41 Å². The summed E-state index contributed by atoms with van der Waals surface area (Å²) in [5.74, 6) is 0. The van der Waals surface area contributed by atoms with Crippen molar-refractivity contribution in [3.8, 4) is 17.4 Å². The molecule has 48 heavy (non-hydrogen) atoms. The molecule has 2 aliphatic rings. The Morgan fingerprint density at radius 3 is 1.94 bits per heavy atom. The van der Waals surface area contributed by atoms with Crippen molar-refractivity contribution in [2.45, 2.75) is 15.2 Å². The van der Waals surface area contributed by atoms with Crippen molar-refractivity contribution in [2.24, 2.45) is 0 Å². The number of hydrogen-bond donors (Lipinski definition) is 0. The average Bonchev–Trinajstić information content (AvgIpc) is 3.66. The summed E-state index contributed by atoms with van der Waals surface area (Å²) in [7, 11) is 0. The molecule has 11 rings (SSSR count). The van der Waals surface area contributed by atoms with Gasteiger partial charge in [-0.15, -0.1) is 0 Å². The summed E-state index contributed by atoms with van der Waals surface area (Å²) in [4.78, 5) is 2.57. The van der Waals surface area contributed by atoms with Crippen LogP contribution >= 0.6 is 11.8 Å². The van der Waals surface area contributed by atoms with Crippen LogP contribution in [-0.2, 0) is 5.41 Å². The molecule has 7 aromatic carbocycles. The zero-order valence-corrected chi connectivity index (χ0v) is 26.5. The second-order valence-corrected chi connectivity index (χ2v) is 13.9. The highest BCUT2D eigenvalue weighted by Crippen LogP contribution is 2.61. The Balaban J connectivity index is 1.35. The van der Waals surface area contributed by atoms with Gasteiger partial charge >= 0.3 is 0 Å². The lowest BCUT2D eigenvalue weighted by molar-refractivity contribution is 0.690. The van der Waals surface area contributed by atoms with Crippen molar-refractivity contribution in [2.75, 3.05) is 0 Å². The standard InChI is InChI=1S/C44H25N3S/c45-26-27-20-22-28(23-21-27)46-37-16-5-2-11-30(37)32-24-42-36(25-40(32)46)44(34-14-4-8-19-41(34)48-42)33-13-3-7-18-39(33)47-38-17-6-1-10-29(38)31-12-9-15-35(44)43(31)47/h1-25H. The molecule has 2 aliphatic heterocycles. The lowest BCUT2D eigenvalue weighted by Crippen LogP contribution is -2.37. The van der Waals surface area contributed by atoms with Crippen LogP contribution in [0, 0.1) is 11.3 Å². The zero-order chi connectivity index (χ0) is 31.6. The van der Waals surface area contributed by atoms with Crippen molar-refractivity contribution < 1.29 is 0 Å². The Morgan fingerprint density at radius 2 is 1.12 bits per heavy atom. The third-order valence-electron chi connectivity index (χ3n) is 10.6. The van der Waals surface area contributed by atoms with Crippen molar-refractivity contribution >= 4 is 55.4 Å². The van der Waals surface area contributed by atoms with E-state index in [9.17, 15) is 5.26 Å². The number of fused-ring (bicyclic) bond motifs is 14. The van der Waals surface area contributed by atoms with Crippen LogP contribution in [0.3, 0.4) is 0 Å². The van der Waals surface area contributed by atoms with E-state index in [1.807, 2.05) is 23.9 Å². The van der Waals surface area contributed by atoms with Crippen LogP contribution in [0.25, 0.3) is 55.0 Å². The summed E-state index contributed by atoms with van der Waals surface area (Å²) in [6.45, 7) is 0. The maximum atomic E-state index is 9.55. The molecule has 0 bridgehead atoms. The summed E-state index contributed by atoms with van der Waals surface area (Å²) in [6.07, 6.45) is 0. The zero-order valence-electron chi connectivity index (χ0n) is 25.7. The first-order valence-corrected chi connectivity index (χ1v) is 17.1. The number of rotatable bonds is 1. The minimum atomic E-state index is -0.544. The monoisotopic (exact) mass is 627 g/mol. The fourth-order valence-electron chi connectivity index (χ4n) is 8.75. The quantitative estimate of drug-likeness (QED) is 0.181. The fourth-order valence-corrected chi connectivity index (χ4v) is 9.96. The molecule has 0 fully saturated rings. The predicted molar refractivity (Wildman–Crippen MR) is 196 cm³/mol. The Bertz CT molecular complexity index is 2880. The summed E-state index contributed by atoms with van der Waals surface area (Å²) in [6, 6.07) is 57.6. The normalized spacial score (nSPS) is 15.9. The van der Waals surface area contributed by atoms with Gasteiger partial charge in [-0.1, -0.05) is 103 Å². The molecule has 3 nitrogen and oxygen atoms in total. The van der Waals surface area contributed by atoms with Gasteiger partial charge in [-0.05, 0) is 82.9 Å². The van der Waals surface area contributed by atoms with Gasteiger partial charge in [0.05, 0.1) is 44.8 Å². The Hall–Kier alpha value is -6.02. The molecule has 4 heteroatoms. The number of nitriles is 1. The molecule has 0 saturated heterocycles. The molecule has 0 amide bonds.